The molecule has 1 aromatic heterocycles. The molecule has 0 radical (unpaired) electrons. The number of piperazine rings is 1. The lowest BCUT2D eigenvalue weighted by molar-refractivity contribution is -0.146. The van der Waals surface area contributed by atoms with Crippen LogP contribution in [0.3, 0.4) is 0 Å². The fourth-order valence-electron chi connectivity index (χ4n) is 4.16. The van der Waals surface area contributed by atoms with Gasteiger partial charge in [0.05, 0.1) is 5.75 Å². The number of aryl methyl sites for hydroxylation is 1. The molecule has 2 aliphatic heterocycles. The predicted octanol–water partition coefficient (Wildman–Crippen LogP) is 1.19. The fraction of sp³-hybridized carbons (Fsp3) is 0.478. The average molecular weight is 485 g/mol. The minimum Gasteiger partial charge on any atom is -0.338 e. The summed E-state index contributed by atoms with van der Waals surface area (Å²) in [4.78, 5) is 53.2. The van der Waals surface area contributed by atoms with Crippen molar-refractivity contribution >= 4 is 35.4 Å². The van der Waals surface area contributed by atoms with E-state index in [0.717, 1.165) is 21.9 Å². The number of likely N-dealkylation sites (tertiary alicyclic amines) is 1. The van der Waals surface area contributed by atoms with E-state index in [1.54, 1.807) is 9.80 Å². The van der Waals surface area contributed by atoms with Gasteiger partial charge in [-0.1, -0.05) is 36.0 Å². The van der Waals surface area contributed by atoms with E-state index in [1.807, 2.05) is 42.7 Å². The minimum absolute atomic E-state index is 0.0231. The summed E-state index contributed by atoms with van der Waals surface area (Å²) in [6.07, 6.45) is 0.342. The first-order valence-electron chi connectivity index (χ1n) is 11.4. The number of imide groups is 1. The number of thioether (sulfide) groups is 1. The number of hydrogen-bond donors (Lipinski definition) is 0. The highest BCUT2D eigenvalue weighted by Crippen LogP contribution is 2.26. The Balaban J connectivity index is 1.29. The molecule has 0 unspecified atom stereocenters. The van der Waals surface area contributed by atoms with Gasteiger partial charge in [-0.3, -0.25) is 24.1 Å². The van der Waals surface area contributed by atoms with Crippen LogP contribution in [0.25, 0.3) is 11.4 Å². The SMILES string of the molecule is CCn1c(SCC(=O)N2CCN(C(=O)CN3C(=O)CCC3=O)CC2)nnc1-c1ccccc1C. The van der Waals surface area contributed by atoms with Crippen molar-refractivity contribution in [2.75, 3.05) is 38.5 Å². The van der Waals surface area contributed by atoms with Crippen molar-refractivity contribution in [3.8, 4) is 11.4 Å². The number of nitrogens with zero attached hydrogens (tertiary/aromatic N) is 6. The van der Waals surface area contributed by atoms with Crippen molar-refractivity contribution in [2.45, 2.75) is 38.4 Å². The van der Waals surface area contributed by atoms with E-state index in [0.29, 0.717) is 37.9 Å². The molecule has 0 atom stereocenters. The van der Waals surface area contributed by atoms with Crippen LogP contribution in [0.2, 0.25) is 0 Å². The Morgan fingerprint density at radius 3 is 2.18 bits per heavy atom. The second kappa shape index (κ2) is 10.4. The molecule has 0 N–H and O–H groups in total. The van der Waals surface area contributed by atoms with Crippen LogP contribution in [0, 0.1) is 6.92 Å². The number of carbonyl (C=O) groups excluding carboxylic acids is 4. The smallest absolute Gasteiger partial charge is 0.242 e. The zero-order valence-corrected chi connectivity index (χ0v) is 20.2. The van der Waals surface area contributed by atoms with Crippen LogP contribution in [-0.4, -0.2) is 91.6 Å². The zero-order chi connectivity index (χ0) is 24.2. The summed E-state index contributed by atoms with van der Waals surface area (Å²) in [5.74, 6) is 0.147. The second-order valence-electron chi connectivity index (χ2n) is 8.29. The molecular formula is C23H28N6O4S. The Labute approximate surface area is 202 Å². The number of amides is 4. The first-order valence-corrected chi connectivity index (χ1v) is 12.4. The van der Waals surface area contributed by atoms with Crippen molar-refractivity contribution in [1.82, 2.24) is 29.5 Å². The van der Waals surface area contributed by atoms with Crippen LogP contribution in [0.5, 0.6) is 0 Å². The van der Waals surface area contributed by atoms with Gasteiger partial charge in [-0.05, 0) is 19.4 Å². The van der Waals surface area contributed by atoms with Crippen LogP contribution in [0.1, 0.15) is 25.3 Å². The molecule has 1 aromatic carbocycles. The average Bonchev–Trinajstić information content (AvgIpc) is 3.40. The maximum absolute atomic E-state index is 12.8. The van der Waals surface area contributed by atoms with Gasteiger partial charge in [-0.2, -0.15) is 0 Å². The van der Waals surface area contributed by atoms with Crippen molar-refractivity contribution in [1.29, 1.82) is 0 Å². The van der Waals surface area contributed by atoms with Gasteiger partial charge in [0.2, 0.25) is 23.6 Å². The molecule has 0 saturated carbocycles. The van der Waals surface area contributed by atoms with Crippen LogP contribution >= 0.6 is 11.8 Å². The van der Waals surface area contributed by atoms with E-state index in [1.165, 1.54) is 11.8 Å². The largest absolute Gasteiger partial charge is 0.338 e. The first-order chi connectivity index (χ1) is 16.4. The molecule has 0 bridgehead atoms. The Morgan fingerprint density at radius 2 is 1.56 bits per heavy atom. The van der Waals surface area contributed by atoms with Gasteiger partial charge in [-0.15, -0.1) is 10.2 Å². The summed E-state index contributed by atoms with van der Waals surface area (Å²) < 4.78 is 2.01. The van der Waals surface area contributed by atoms with Crippen LogP contribution in [0.4, 0.5) is 0 Å². The molecule has 2 saturated heterocycles. The third kappa shape index (κ3) is 4.98. The molecule has 10 nitrogen and oxygen atoms in total. The van der Waals surface area contributed by atoms with Crippen molar-refractivity contribution in [2.24, 2.45) is 0 Å². The van der Waals surface area contributed by atoms with Crippen molar-refractivity contribution in [3.05, 3.63) is 29.8 Å². The highest BCUT2D eigenvalue weighted by molar-refractivity contribution is 7.99. The molecule has 2 aromatic rings. The summed E-state index contributed by atoms with van der Waals surface area (Å²) in [5, 5.41) is 9.37. The summed E-state index contributed by atoms with van der Waals surface area (Å²) >= 11 is 1.36. The van der Waals surface area contributed by atoms with E-state index in [9.17, 15) is 19.2 Å². The summed E-state index contributed by atoms with van der Waals surface area (Å²) in [5.41, 5.74) is 2.14. The fourth-order valence-corrected chi connectivity index (χ4v) is 5.07. The van der Waals surface area contributed by atoms with Crippen molar-refractivity contribution < 1.29 is 19.2 Å². The molecule has 4 rings (SSSR count). The number of hydrogen-bond acceptors (Lipinski definition) is 7. The van der Waals surface area contributed by atoms with E-state index >= 15 is 0 Å². The molecule has 3 heterocycles. The van der Waals surface area contributed by atoms with Gasteiger partial charge in [0.15, 0.2) is 11.0 Å². The quantitative estimate of drug-likeness (QED) is 0.429. The Kier molecular flexibility index (Phi) is 7.30. The molecular weight excluding hydrogens is 456 g/mol. The third-order valence-electron chi connectivity index (χ3n) is 6.18. The first kappa shape index (κ1) is 23.9. The van der Waals surface area contributed by atoms with Gasteiger partial charge in [0.1, 0.15) is 6.54 Å². The lowest BCUT2D eigenvalue weighted by atomic mass is 10.1. The van der Waals surface area contributed by atoms with E-state index in [4.69, 9.17) is 0 Å². The van der Waals surface area contributed by atoms with E-state index < -0.39 is 0 Å². The molecule has 11 heteroatoms. The lowest BCUT2D eigenvalue weighted by Crippen LogP contribution is -2.53. The molecule has 2 fully saturated rings. The molecule has 180 valence electrons. The van der Waals surface area contributed by atoms with Gasteiger partial charge in [-0.25, -0.2) is 0 Å². The van der Waals surface area contributed by atoms with Gasteiger partial charge in [0.25, 0.3) is 0 Å². The van der Waals surface area contributed by atoms with Gasteiger partial charge >= 0.3 is 0 Å². The lowest BCUT2D eigenvalue weighted by Gasteiger charge is -2.35. The van der Waals surface area contributed by atoms with Crippen LogP contribution < -0.4 is 0 Å². The number of benzene rings is 1. The molecule has 4 amide bonds. The third-order valence-corrected chi connectivity index (χ3v) is 7.13. The van der Waals surface area contributed by atoms with Gasteiger partial charge < -0.3 is 14.4 Å². The standard InChI is InChI=1S/C23H28N6O4S/c1-3-28-22(17-7-5-4-6-16(17)2)24-25-23(28)34-15-21(33)27-12-10-26(11-13-27)20(32)14-29-18(30)8-9-19(29)31/h4-7H,3,8-15H2,1-2H3. The maximum Gasteiger partial charge on any atom is 0.242 e. The second-order valence-corrected chi connectivity index (χ2v) is 9.23. The highest BCUT2D eigenvalue weighted by atomic mass is 32.2. The highest BCUT2D eigenvalue weighted by Gasteiger charge is 2.33. The van der Waals surface area contributed by atoms with E-state index in [-0.39, 0.29) is 48.8 Å². The predicted molar refractivity (Wildman–Crippen MR) is 126 cm³/mol. The summed E-state index contributed by atoms with van der Waals surface area (Å²) in [6, 6.07) is 8.00. The minimum atomic E-state index is -0.297. The Bertz CT molecular complexity index is 1090. The summed E-state index contributed by atoms with van der Waals surface area (Å²) in [7, 11) is 0. The summed E-state index contributed by atoms with van der Waals surface area (Å²) in [6.45, 7) is 6.14. The monoisotopic (exact) mass is 484 g/mol. The zero-order valence-electron chi connectivity index (χ0n) is 19.4. The number of aromatic nitrogens is 3. The number of rotatable bonds is 7. The normalized spacial score (nSPS) is 16.5. The molecule has 0 spiro atoms. The Hall–Kier alpha value is -3.21. The van der Waals surface area contributed by atoms with Gasteiger partial charge in [0, 0.05) is 51.1 Å². The van der Waals surface area contributed by atoms with Crippen molar-refractivity contribution in [3.63, 3.8) is 0 Å². The molecule has 34 heavy (non-hydrogen) atoms. The number of carbonyl (C=O) groups is 4. The van der Waals surface area contributed by atoms with Crippen LogP contribution in [-0.2, 0) is 25.7 Å². The molecule has 0 aliphatic carbocycles. The van der Waals surface area contributed by atoms with Crippen LogP contribution in [0.15, 0.2) is 29.4 Å². The molecule has 2 aliphatic rings. The maximum atomic E-state index is 12.8. The van der Waals surface area contributed by atoms with E-state index in [2.05, 4.69) is 10.2 Å². The Morgan fingerprint density at radius 1 is 0.941 bits per heavy atom. The topological polar surface area (TPSA) is 109 Å².